The number of hydrogen-bond acceptors (Lipinski definition) is 8. The highest BCUT2D eigenvalue weighted by Crippen LogP contribution is 2.08. The molecule has 0 aromatic heterocycles. The number of aliphatic hydroxyl groups is 4. The molecule has 176 valence electrons. The molecule has 0 aromatic carbocycles. The zero-order valence-electron chi connectivity index (χ0n) is 20.3. The van der Waals surface area contributed by atoms with Gasteiger partial charge in [0.15, 0.2) is 11.6 Å². The Bertz CT molecular complexity index is 211. The summed E-state index contributed by atoms with van der Waals surface area (Å²) in [7, 11) is 7.06. The van der Waals surface area contributed by atoms with Crippen LogP contribution in [0.3, 0.4) is 0 Å². The first-order chi connectivity index (χ1) is 12.8. The molecule has 0 aliphatic heterocycles. The van der Waals surface area contributed by atoms with Crippen LogP contribution in [0.2, 0.25) is 0 Å². The average molecular weight is 418 g/mol. The summed E-state index contributed by atoms with van der Waals surface area (Å²) in [4.78, 5) is 8.81. The summed E-state index contributed by atoms with van der Waals surface area (Å²) in [6.45, 7) is 15.8. The summed E-state index contributed by atoms with van der Waals surface area (Å²) < 4.78 is 13.7. The van der Waals surface area contributed by atoms with Crippen LogP contribution in [0.25, 0.3) is 0 Å². The van der Waals surface area contributed by atoms with E-state index in [-0.39, 0.29) is 0 Å². The van der Waals surface area contributed by atoms with Gasteiger partial charge in [-0.25, -0.2) is 0 Å². The molecule has 28 heavy (non-hydrogen) atoms. The molecule has 0 spiro atoms. The number of carbonyl (C=O) groups is 1. The fourth-order valence-electron chi connectivity index (χ4n) is 0.391. The van der Waals surface area contributed by atoms with Crippen LogP contribution in [0.5, 0.6) is 0 Å². The predicted octanol–water partition coefficient (Wildman–Crippen LogP) is 3.26. The van der Waals surface area contributed by atoms with Crippen LogP contribution >= 0.6 is 0 Å². The van der Waals surface area contributed by atoms with Crippen LogP contribution in [0.15, 0.2) is 0 Å². The van der Waals surface area contributed by atoms with Crippen molar-refractivity contribution in [1.82, 2.24) is 0 Å². The third-order valence-electron chi connectivity index (χ3n) is 3.16. The van der Waals surface area contributed by atoms with Crippen molar-refractivity contribution in [3.05, 3.63) is 7.11 Å². The second kappa shape index (κ2) is 28.5. The lowest BCUT2D eigenvalue weighted by atomic mass is 10.2. The number of ether oxygens (including phenoxy) is 3. The molecule has 0 heterocycles. The van der Waals surface area contributed by atoms with Crippen LogP contribution in [-0.4, -0.2) is 65.4 Å². The fourth-order valence-corrected chi connectivity index (χ4v) is 0.391. The number of aliphatic hydroxyl groups excluding tert-OH is 1. The molecule has 8 nitrogen and oxygen atoms in total. The van der Waals surface area contributed by atoms with E-state index in [1.54, 1.807) is 20.8 Å². The van der Waals surface area contributed by atoms with Gasteiger partial charge in [0, 0.05) is 27.8 Å². The molecule has 0 amide bonds. The Labute approximate surface area is 173 Å². The third-order valence-corrected chi connectivity index (χ3v) is 3.16. The molecule has 0 aliphatic carbocycles. The Hall–Kier alpha value is -0.740. The van der Waals surface area contributed by atoms with Gasteiger partial charge in [-0.1, -0.05) is 34.6 Å². The summed E-state index contributed by atoms with van der Waals surface area (Å²) in [6.07, 6.45) is 2.57. The van der Waals surface area contributed by atoms with E-state index < -0.39 is 17.4 Å². The Kier molecular flexibility index (Phi) is 42.3. The first-order valence-corrected chi connectivity index (χ1v) is 9.33. The van der Waals surface area contributed by atoms with E-state index in [4.69, 9.17) is 25.2 Å². The van der Waals surface area contributed by atoms with Gasteiger partial charge in [-0.3, -0.25) is 0 Å². The summed E-state index contributed by atoms with van der Waals surface area (Å²) in [5.41, 5.74) is 0. The molecule has 0 rings (SSSR count). The molecule has 0 radical (unpaired) electrons. The maximum atomic E-state index is 8.91. The van der Waals surface area contributed by atoms with Crippen LogP contribution in [-0.2, 0) is 19.0 Å². The summed E-state index contributed by atoms with van der Waals surface area (Å²) in [5.74, 6) is -2.86. The topological polar surface area (TPSA) is 126 Å². The summed E-state index contributed by atoms with van der Waals surface area (Å²) >= 11 is 0. The van der Waals surface area contributed by atoms with Crippen molar-refractivity contribution in [2.24, 2.45) is 0 Å². The molecular formula is C20H49O8+. The van der Waals surface area contributed by atoms with Gasteiger partial charge in [0.25, 0.3) is 0 Å². The van der Waals surface area contributed by atoms with Crippen molar-refractivity contribution in [3.8, 4) is 0 Å². The largest absolute Gasteiger partial charge is 0.400 e. The Morgan fingerprint density at radius 1 is 0.786 bits per heavy atom. The molecule has 0 fully saturated rings. The van der Waals surface area contributed by atoms with Crippen LogP contribution in [0.4, 0.5) is 0 Å². The minimum atomic E-state index is -1.03. The minimum Gasteiger partial charge on any atom is -0.400 e. The van der Waals surface area contributed by atoms with Crippen molar-refractivity contribution in [1.29, 1.82) is 0 Å². The van der Waals surface area contributed by atoms with Gasteiger partial charge in [0.1, 0.15) is 6.29 Å². The minimum absolute atomic E-state index is 0.566. The van der Waals surface area contributed by atoms with Gasteiger partial charge in [-0.2, -0.15) is 4.74 Å². The van der Waals surface area contributed by atoms with Crippen molar-refractivity contribution >= 4 is 6.29 Å². The lowest BCUT2D eigenvalue weighted by Crippen LogP contribution is -2.24. The first kappa shape index (κ1) is 41.6. The lowest BCUT2D eigenvalue weighted by molar-refractivity contribution is -0.172. The molecule has 0 saturated carbocycles. The quantitative estimate of drug-likeness (QED) is 0.295. The number of carbonyl (C=O) groups excluding carboxylic acids is 1. The maximum Gasteiger partial charge on any atom is 0.217 e. The summed E-state index contributed by atoms with van der Waals surface area (Å²) in [5, 5.41) is 33.7. The SMILES string of the molecule is CC.CC=O.CCC(C)(O)OC.CCC(C)(O)OC.CO.[CH2+]OC(C)(O)CC. The van der Waals surface area contributed by atoms with Crippen molar-refractivity contribution in [2.75, 3.05) is 21.3 Å². The molecule has 8 heteroatoms. The van der Waals surface area contributed by atoms with E-state index in [0.29, 0.717) is 19.3 Å². The zero-order chi connectivity index (χ0) is 24.4. The van der Waals surface area contributed by atoms with Gasteiger partial charge in [-0.05, 0) is 40.5 Å². The van der Waals surface area contributed by atoms with E-state index in [9.17, 15) is 0 Å². The number of aldehydes is 1. The second-order valence-electron chi connectivity index (χ2n) is 5.37. The number of rotatable bonds is 6. The van der Waals surface area contributed by atoms with Crippen molar-refractivity contribution in [2.45, 2.75) is 98.9 Å². The fraction of sp³-hybridized carbons (Fsp3) is 0.900. The standard InChI is InChI=1S/2C5H12O2.C5H11O2.C2H4O.C2H6.CH4O/c3*1-4-5(2,6)7-3;1-2-3;2*1-2/h2*6H,4H2,1-3H3;6H,3-4H2,1-2H3;2H,1H3;1-2H3;2H,1H3/q;;+1;;;. The van der Waals surface area contributed by atoms with E-state index in [2.05, 4.69) is 21.3 Å². The van der Waals surface area contributed by atoms with Crippen LogP contribution in [0, 0.1) is 7.11 Å². The molecule has 0 bridgehead atoms. The summed E-state index contributed by atoms with van der Waals surface area (Å²) in [6, 6.07) is 0. The Morgan fingerprint density at radius 3 is 0.964 bits per heavy atom. The van der Waals surface area contributed by atoms with Gasteiger partial charge < -0.3 is 34.7 Å². The first-order valence-electron chi connectivity index (χ1n) is 9.33. The molecule has 0 aliphatic rings. The maximum absolute atomic E-state index is 8.91. The molecule has 4 N–H and O–H groups in total. The monoisotopic (exact) mass is 417 g/mol. The predicted molar refractivity (Wildman–Crippen MR) is 114 cm³/mol. The highest BCUT2D eigenvalue weighted by atomic mass is 16.6. The highest BCUT2D eigenvalue weighted by Gasteiger charge is 2.19. The molecule has 0 saturated heterocycles. The number of hydrogen-bond donors (Lipinski definition) is 4. The third kappa shape index (κ3) is 49.9. The van der Waals surface area contributed by atoms with Crippen molar-refractivity contribution < 1.29 is 39.4 Å². The Morgan fingerprint density at radius 2 is 0.964 bits per heavy atom. The molecule has 0 aromatic rings. The normalized spacial score (nSPS) is 15.0. The van der Waals surface area contributed by atoms with Crippen molar-refractivity contribution in [3.63, 3.8) is 0 Å². The molecular weight excluding hydrogens is 368 g/mol. The molecule has 3 atom stereocenters. The van der Waals surface area contributed by atoms with E-state index >= 15 is 0 Å². The lowest BCUT2D eigenvalue weighted by Gasteiger charge is -2.17. The van der Waals surface area contributed by atoms with E-state index in [0.717, 1.165) is 13.4 Å². The molecule has 3 unspecified atom stereocenters. The van der Waals surface area contributed by atoms with Gasteiger partial charge in [0.2, 0.25) is 12.9 Å². The van der Waals surface area contributed by atoms with E-state index in [1.165, 1.54) is 21.1 Å². The zero-order valence-corrected chi connectivity index (χ0v) is 20.3. The average Bonchev–Trinajstić information content (AvgIpc) is 2.72. The highest BCUT2D eigenvalue weighted by molar-refractivity contribution is 5.44. The van der Waals surface area contributed by atoms with Gasteiger partial charge in [0.05, 0.1) is 0 Å². The van der Waals surface area contributed by atoms with E-state index in [1.807, 2.05) is 34.6 Å². The second-order valence-corrected chi connectivity index (χ2v) is 5.37. The van der Waals surface area contributed by atoms with Gasteiger partial charge >= 0.3 is 0 Å². The van der Waals surface area contributed by atoms with Gasteiger partial charge in [-0.15, -0.1) is 0 Å². The van der Waals surface area contributed by atoms with Crippen LogP contribution < -0.4 is 0 Å². The smallest absolute Gasteiger partial charge is 0.217 e. The Balaban J connectivity index is -0.0000000558. The number of methoxy groups -OCH3 is 2. The van der Waals surface area contributed by atoms with Crippen LogP contribution in [0.1, 0.15) is 81.6 Å².